The summed E-state index contributed by atoms with van der Waals surface area (Å²) in [7, 11) is 0. The maximum absolute atomic E-state index is 12.6. The lowest BCUT2D eigenvalue weighted by atomic mass is 10.1. The Kier molecular flexibility index (Phi) is 8.58. The van der Waals surface area contributed by atoms with Crippen molar-refractivity contribution < 1.29 is 9.53 Å². The SMILES string of the molecule is CCc1ccc(O[C@@H](C)c2nnc(SCC(=O)Nc3c(C)cc(I)cc3C)n2CC)cc1. The molecule has 6 nitrogen and oxygen atoms in total. The second-order valence-corrected chi connectivity index (χ2v) is 9.78. The molecular weight excluding hydrogens is 535 g/mol. The molecule has 0 saturated heterocycles. The van der Waals surface area contributed by atoms with Crippen molar-refractivity contribution in [1.82, 2.24) is 14.8 Å². The van der Waals surface area contributed by atoms with Gasteiger partial charge >= 0.3 is 0 Å². The number of halogens is 1. The molecule has 1 atom stereocenters. The van der Waals surface area contributed by atoms with Crippen LogP contribution >= 0.6 is 34.4 Å². The van der Waals surface area contributed by atoms with Crippen molar-refractivity contribution in [3.05, 3.63) is 62.5 Å². The molecule has 1 N–H and O–H groups in total. The smallest absolute Gasteiger partial charge is 0.234 e. The monoisotopic (exact) mass is 564 g/mol. The number of rotatable bonds is 9. The van der Waals surface area contributed by atoms with Gasteiger partial charge in [0.15, 0.2) is 17.1 Å². The van der Waals surface area contributed by atoms with E-state index in [0.717, 1.165) is 38.4 Å². The van der Waals surface area contributed by atoms with Crippen LogP contribution in [0.5, 0.6) is 5.75 Å². The van der Waals surface area contributed by atoms with Gasteiger partial charge < -0.3 is 14.6 Å². The molecule has 0 bridgehead atoms. The Morgan fingerprint density at radius 3 is 2.41 bits per heavy atom. The number of thioether (sulfide) groups is 1. The van der Waals surface area contributed by atoms with Gasteiger partial charge in [0.1, 0.15) is 5.75 Å². The Hall–Kier alpha value is -2.07. The van der Waals surface area contributed by atoms with Gasteiger partial charge in [0.25, 0.3) is 0 Å². The molecule has 1 heterocycles. The molecule has 32 heavy (non-hydrogen) atoms. The van der Waals surface area contributed by atoms with E-state index in [1.165, 1.54) is 17.3 Å². The van der Waals surface area contributed by atoms with Crippen LogP contribution in [-0.2, 0) is 17.8 Å². The van der Waals surface area contributed by atoms with E-state index in [2.05, 4.69) is 69.3 Å². The van der Waals surface area contributed by atoms with Crippen LogP contribution in [0.4, 0.5) is 5.69 Å². The van der Waals surface area contributed by atoms with Crippen molar-refractivity contribution in [2.45, 2.75) is 58.8 Å². The van der Waals surface area contributed by atoms with Crippen LogP contribution < -0.4 is 10.1 Å². The van der Waals surface area contributed by atoms with Crippen LogP contribution in [0.3, 0.4) is 0 Å². The van der Waals surface area contributed by atoms with Crippen molar-refractivity contribution in [1.29, 1.82) is 0 Å². The highest BCUT2D eigenvalue weighted by Gasteiger charge is 2.20. The first-order chi connectivity index (χ1) is 15.3. The number of hydrogen-bond acceptors (Lipinski definition) is 5. The van der Waals surface area contributed by atoms with E-state index in [-0.39, 0.29) is 17.8 Å². The Labute approximate surface area is 207 Å². The van der Waals surface area contributed by atoms with E-state index in [9.17, 15) is 4.79 Å². The van der Waals surface area contributed by atoms with Gasteiger partial charge in [-0.15, -0.1) is 10.2 Å². The Morgan fingerprint density at radius 2 is 1.81 bits per heavy atom. The maximum Gasteiger partial charge on any atom is 0.234 e. The molecule has 0 aliphatic carbocycles. The highest BCUT2D eigenvalue weighted by Crippen LogP contribution is 2.26. The zero-order valence-corrected chi connectivity index (χ0v) is 22.1. The summed E-state index contributed by atoms with van der Waals surface area (Å²) in [5, 5.41) is 12.4. The number of aromatic nitrogens is 3. The van der Waals surface area contributed by atoms with E-state index in [1.807, 2.05) is 44.4 Å². The Morgan fingerprint density at radius 1 is 1.16 bits per heavy atom. The summed E-state index contributed by atoms with van der Waals surface area (Å²) in [5.74, 6) is 1.75. The first-order valence-corrected chi connectivity index (χ1v) is 12.8. The van der Waals surface area contributed by atoms with Crippen LogP contribution in [0.1, 0.15) is 49.4 Å². The van der Waals surface area contributed by atoms with Gasteiger partial charge in [0.2, 0.25) is 5.91 Å². The van der Waals surface area contributed by atoms with Gasteiger partial charge in [-0.3, -0.25) is 4.79 Å². The van der Waals surface area contributed by atoms with Gasteiger partial charge in [-0.05, 0) is 97.7 Å². The second-order valence-electron chi connectivity index (χ2n) is 7.59. The molecule has 0 fully saturated rings. The number of carbonyl (C=O) groups is 1. The van der Waals surface area contributed by atoms with Crippen LogP contribution in [-0.4, -0.2) is 26.4 Å². The van der Waals surface area contributed by atoms with E-state index >= 15 is 0 Å². The van der Waals surface area contributed by atoms with Gasteiger partial charge in [-0.2, -0.15) is 0 Å². The lowest BCUT2D eigenvalue weighted by molar-refractivity contribution is -0.113. The quantitative estimate of drug-likeness (QED) is 0.257. The standard InChI is InChI=1S/C24H29IN4O2S/c1-6-18-8-10-20(11-9-18)31-17(5)23-27-28-24(29(23)7-2)32-14-21(30)26-22-15(3)12-19(25)13-16(22)4/h8-13,17H,6-7,14H2,1-5H3,(H,26,30)/t17-/m0/s1. The molecule has 3 rings (SSSR count). The third-order valence-corrected chi connectivity index (χ3v) is 6.75. The van der Waals surface area contributed by atoms with Crippen molar-refractivity contribution in [3.63, 3.8) is 0 Å². The molecular formula is C24H29IN4O2S. The summed E-state index contributed by atoms with van der Waals surface area (Å²) in [6, 6.07) is 12.2. The predicted molar refractivity (Wildman–Crippen MR) is 139 cm³/mol. The highest BCUT2D eigenvalue weighted by molar-refractivity contribution is 14.1. The number of aryl methyl sites for hydroxylation is 3. The van der Waals surface area contributed by atoms with Gasteiger partial charge in [0.05, 0.1) is 5.75 Å². The van der Waals surface area contributed by atoms with Gasteiger partial charge in [0, 0.05) is 15.8 Å². The molecule has 170 valence electrons. The van der Waals surface area contributed by atoms with Gasteiger partial charge in [-0.25, -0.2) is 0 Å². The van der Waals surface area contributed by atoms with Crippen LogP contribution in [0.2, 0.25) is 0 Å². The first kappa shape index (κ1) is 24.6. The largest absolute Gasteiger partial charge is 0.483 e. The predicted octanol–water partition coefficient (Wildman–Crippen LogP) is 5.95. The number of anilines is 1. The van der Waals surface area contributed by atoms with Crippen LogP contribution in [0, 0.1) is 17.4 Å². The fourth-order valence-electron chi connectivity index (χ4n) is 3.48. The first-order valence-electron chi connectivity index (χ1n) is 10.7. The summed E-state index contributed by atoms with van der Waals surface area (Å²) in [5.41, 5.74) is 4.27. The molecule has 0 radical (unpaired) electrons. The minimum absolute atomic E-state index is 0.0603. The molecule has 0 spiro atoms. The average molecular weight is 564 g/mol. The van der Waals surface area contributed by atoms with Gasteiger partial charge in [-0.1, -0.05) is 30.8 Å². The average Bonchev–Trinajstić information content (AvgIpc) is 3.18. The third kappa shape index (κ3) is 6.04. The Balaban J connectivity index is 1.64. The van der Waals surface area contributed by atoms with Crippen molar-refractivity contribution in [2.24, 2.45) is 0 Å². The summed E-state index contributed by atoms with van der Waals surface area (Å²) >= 11 is 3.67. The minimum Gasteiger partial charge on any atom is -0.483 e. The van der Waals surface area contributed by atoms with E-state index in [1.54, 1.807) is 0 Å². The number of amides is 1. The normalized spacial score (nSPS) is 11.9. The number of nitrogens with zero attached hydrogens (tertiary/aromatic N) is 3. The fourth-order valence-corrected chi connectivity index (χ4v) is 5.22. The van der Waals surface area contributed by atoms with E-state index in [0.29, 0.717) is 11.7 Å². The number of ether oxygens (including phenoxy) is 1. The highest BCUT2D eigenvalue weighted by atomic mass is 127. The third-order valence-electron chi connectivity index (χ3n) is 5.16. The molecule has 0 aliphatic heterocycles. The lowest BCUT2D eigenvalue weighted by Crippen LogP contribution is -2.17. The summed E-state index contributed by atoms with van der Waals surface area (Å²) in [6.07, 6.45) is 0.742. The summed E-state index contributed by atoms with van der Waals surface area (Å²) in [4.78, 5) is 12.6. The molecule has 0 unspecified atom stereocenters. The lowest BCUT2D eigenvalue weighted by Gasteiger charge is -2.16. The van der Waals surface area contributed by atoms with E-state index in [4.69, 9.17) is 4.74 Å². The van der Waals surface area contributed by atoms with Crippen molar-refractivity contribution in [2.75, 3.05) is 11.1 Å². The molecule has 1 aromatic heterocycles. The zero-order valence-electron chi connectivity index (χ0n) is 19.1. The van der Waals surface area contributed by atoms with Crippen molar-refractivity contribution >= 4 is 45.9 Å². The summed E-state index contributed by atoms with van der Waals surface area (Å²) in [6.45, 7) is 10.9. The number of carbonyl (C=O) groups excluding carboxylic acids is 1. The van der Waals surface area contributed by atoms with Crippen LogP contribution in [0.15, 0.2) is 41.6 Å². The number of hydrogen-bond donors (Lipinski definition) is 1. The minimum atomic E-state index is -0.254. The number of benzene rings is 2. The van der Waals surface area contributed by atoms with Crippen LogP contribution in [0.25, 0.3) is 0 Å². The molecule has 2 aromatic carbocycles. The molecule has 8 heteroatoms. The summed E-state index contributed by atoms with van der Waals surface area (Å²) < 4.78 is 9.25. The van der Waals surface area contributed by atoms with E-state index < -0.39 is 0 Å². The molecule has 3 aromatic rings. The topological polar surface area (TPSA) is 69.0 Å². The fraction of sp³-hybridized carbons (Fsp3) is 0.375. The molecule has 1 amide bonds. The molecule has 0 aliphatic rings. The maximum atomic E-state index is 12.6. The molecule has 0 saturated carbocycles. The zero-order chi connectivity index (χ0) is 23.3. The Bertz CT molecular complexity index is 1060. The van der Waals surface area contributed by atoms with Crippen molar-refractivity contribution in [3.8, 4) is 5.75 Å². The number of nitrogens with one attached hydrogen (secondary N) is 1. The second kappa shape index (κ2) is 11.2.